The van der Waals surface area contributed by atoms with Crippen molar-refractivity contribution in [2.24, 2.45) is 11.8 Å². The smallest absolute Gasteiger partial charge is 0.226 e. The number of amides is 1. The highest BCUT2D eigenvalue weighted by Crippen LogP contribution is 2.46. The second-order valence-corrected chi connectivity index (χ2v) is 5.24. The summed E-state index contributed by atoms with van der Waals surface area (Å²) in [6, 6.07) is 5.96. The van der Waals surface area contributed by atoms with E-state index in [1.165, 1.54) is 5.56 Å². The number of benzene rings is 1. The predicted molar refractivity (Wildman–Crippen MR) is 64.1 cm³/mol. The van der Waals surface area contributed by atoms with Crippen LogP contribution in [0.3, 0.4) is 0 Å². The number of piperidine rings is 1. The molecule has 1 N–H and O–H groups in total. The molecule has 1 amide bonds. The molecule has 2 atom stereocenters. The Morgan fingerprint density at radius 1 is 1.47 bits per heavy atom. The standard InChI is InChI=1S/C14H17NO2/c1-9-4-10(8-16)2-3-11(9)6-15-7-12-5-13(12)14(15)17/h2-4,12-13,16H,5-8H2,1H3. The molecule has 1 saturated carbocycles. The molecule has 3 nitrogen and oxygen atoms in total. The molecule has 1 saturated heterocycles. The maximum Gasteiger partial charge on any atom is 0.226 e. The van der Waals surface area contributed by atoms with Crippen molar-refractivity contribution in [3.8, 4) is 0 Å². The number of nitrogens with zero attached hydrogens (tertiary/aromatic N) is 1. The molecule has 0 bridgehead atoms. The van der Waals surface area contributed by atoms with Crippen LogP contribution < -0.4 is 0 Å². The zero-order chi connectivity index (χ0) is 12.0. The average molecular weight is 231 g/mol. The van der Waals surface area contributed by atoms with E-state index in [9.17, 15) is 4.79 Å². The summed E-state index contributed by atoms with van der Waals surface area (Å²) in [5.74, 6) is 1.31. The maximum absolute atomic E-state index is 11.9. The molecule has 17 heavy (non-hydrogen) atoms. The van der Waals surface area contributed by atoms with Crippen molar-refractivity contribution in [3.63, 3.8) is 0 Å². The Morgan fingerprint density at radius 2 is 2.29 bits per heavy atom. The van der Waals surface area contributed by atoms with Gasteiger partial charge >= 0.3 is 0 Å². The van der Waals surface area contributed by atoms with Gasteiger partial charge in [0.25, 0.3) is 0 Å². The fraction of sp³-hybridized carbons (Fsp3) is 0.500. The third kappa shape index (κ3) is 1.84. The number of fused-ring (bicyclic) bond motifs is 1. The van der Waals surface area contributed by atoms with Gasteiger partial charge in [0.05, 0.1) is 6.61 Å². The fourth-order valence-electron chi connectivity index (χ4n) is 2.74. The maximum atomic E-state index is 11.9. The SMILES string of the molecule is Cc1cc(CO)ccc1CN1CC2CC2C1=O. The van der Waals surface area contributed by atoms with Crippen LogP contribution in [0.1, 0.15) is 23.1 Å². The normalized spacial score (nSPS) is 26.2. The van der Waals surface area contributed by atoms with Crippen LogP contribution in [0.15, 0.2) is 18.2 Å². The van der Waals surface area contributed by atoms with E-state index in [0.717, 1.165) is 30.6 Å². The molecular formula is C14H17NO2. The van der Waals surface area contributed by atoms with Crippen molar-refractivity contribution in [2.75, 3.05) is 6.54 Å². The van der Waals surface area contributed by atoms with Crippen LogP contribution in [0, 0.1) is 18.8 Å². The van der Waals surface area contributed by atoms with Crippen molar-refractivity contribution < 1.29 is 9.90 Å². The molecule has 1 aliphatic carbocycles. The second kappa shape index (κ2) is 3.84. The van der Waals surface area contributed by atoms with Crippen molar-refractivity contribution in [1.29, 1.82) is 0 Å². The zero-order valence-electron chi connectivity index (χ0n) is 10.0. The molecule has 3 heteroatoms. The lowest BCUT2D eigenvalue weighted by atomic mass is 10.0. The van der Waals surface area contributed by atoms with Gasteiger partial charge in [0, 0.05) is 19.0 Å². The summed E-state index contributed by atoms with van der Waals surface area (Å²) < 4.78 is 0. The van der Waals surface area contributed by atoms with E-state index in [1.807, 2.05) is 30.0 Å². The molecule has 1 aromatic carbocycles. The first-order valence-corrected chi connectivity index (χ1v) is 6.17. The Kier molecular flexibility index (Phi) is 2.44. The van der Waals surface area contributed by atoms with Gasteiger partial charge in [0.2, 0.25) is 5.91 Å². The Morgan fingerprint density at radius 3 is 2.88 bits per heavy atom. The van der Waals surface area contributed by atoms with E-state index in [2.05, 4.69) is 0 Å². The van der Waals surface area contributed by atoms with Gasteiger partial charge in [-0.1, -0.05) is 18.2 Å². The molecule has 0 spiro atoms. The number of carbonyl (C=O) groups excluding carboxylic acids is 1. The number of aliphatic hydroxyl groups is 1. The van der Waals surface area contributed by atoms with Crippen molar-refractivity contribution in [2.45, 2.75) is 26.5 Å². The summed E-state index contributed by atoms with van der Waals surface area (Å²) in [6.45, 7) is 3.78. The largest absolute Gasteiger partial charge is 0.392 e. The molecule has 2 unspecified atom stereocenters. The van der Waals surface area contributed by atoms with E-state index in [-0.39, 0.29) is 6.61 Å². The Bertz CT molecular complexity index is 469. The Balaban J connectivity index is 1.75. The van der Waals surface area contributed by atoms with Gasteiger partial charge in [0.15, 0.2) is 0 Å². The number of likely N-dealkylation sites (tertiary alicyclic amines) is 1. The predicted octanol–water partition coefficient (Wildman–Crippen LogP) is 1.47. The molecule has 90 valence electrons. The molecular weight excluding hydrogens is 214 g/mol. The number of carbonyl (C=O) groups is 1. The van der Waals surface area contributed by atoms with E-state index >= 15 is 0 Å². The van der Waals surface area contributed by atoms with Crippen molar-refractivity contribution >= 4 is 5.91 Å². The molecule has 1 aliphatic heterocycles. The fourth-order valence-corrected chi connectivity index (χ4v) is 2.74. The minimum atomic E-state index is 0.0773. The van der Waals surface area contributed by atoms with E-state index in [4.69, 9.17) is 5.11 Å². The molecule has 2 aliphatic rings. The van der Waals surface area contributed by atoms with Gasteiger partial charge in [-0.05, 0) is 36.0 Å². The average Bonchev–Trinajstić information content (AvgIpc) is 3.03. The van der Waals surface area contributed by atoms with Gasteiger partial charge in [-0.2, -0.15) is 0 Å². The Labute approximate surface area is 101 Å². The van der Waals surface area contributed by atoms with Crippen LogP contribution in [0.25, 0.3) is 0 Å². The topological polar surface area (TPSA) is 40.5 Å². The van der Waals surface area contributed by atoms with E-state index in [1.54, 1.807) is 0 Å². The lowest BCUT2D eigenvalue weighted by Gasteiger charge is -2.19. The van der Waals surface area contributed by atoms with Crippen LogP contribution >= 0.6 is 0 Å². The number of aliphatic hydroxyl groups excluding tert-OH is 1. The number of rotatable bonds is 3. The van der Waals surface area contributed by atoms with Crippen LogP contribution in [0.2, 0.25) is 0 Å². The summed E-state index contributed by atoms with van der Waals surface area (Å²) in [4.78, 5) is 13.8. The van der Waals surface area contributed by atoms with Gasteiger partial charge < -0.3 is 10.0 Å². The quantitative estimate of drug-likeness (QED) is 0.855. The summed E-state index contributed by atoms with van der Waals surface area (Å²) in [5, 5.41) is 9.06. The lowest BCUT2D eigenvalue weighted by Crippen LogP contribution is -2.28. The minimum Gasteiger partial charge on any atom is -0.392 e. The highest BCUT2D eigenvalue weighted by atomic mass is 16.3. The van der Waals surface area contributed by atoms with Gasteiger partial charge in [0.1, 0.15) is 0 Å². The van der Waals surface area contributed by atoms with E-state index in [0.29, 0.717) is 17.7 Å². The minimum absolute atomic E-state index is 0.0773. The number of hydrogen-bond acceptors (Lipinski definition) is 2. The second-order valence-electron chi connectivity index (χ2n) is 5.24. The molecule has 1 aromatic rings. The Hall–Kier alpha value is -1.35. The summed E-state index contributed by atoms with van der Waals surface area (Å²) in [6.07, 6.45) is 1.11. The third-order valence-electron chi connectivity index (χ3n) is 3.96. The van der Waals surface area contributed by atoms with Crippen LogP contribution in [-0.4, -0.2) is 22.5 Å². The molecule has 1 heterocycles. The summed E-state index contributed by atoms with van der Waals surface area (Å²) in [5.41, 5.74) is 3.28. The first-order valence-electron chi connectivity index (χ1n) is 6.17. The first-order chi connectivity index (χ1) is 8.19. The summed E-state index contributed by atoms with van der Waals surface area (Å²) >= 11 is 0. The zero-order valence-corrected chi connectivity index (χ0v) is 10.0. The van der Waals surface area contributed by atoms with Crippen LogP contribution in [0.5, 0.6) is 0 Å². The monoisotopic (exact) mass is 231 g/mol. The molecule has 0 radical (unpaired) electrons. The lowest BCUT2D eigenvalue weighted by molar-refractivity contribution is -0.130. The van der Waals surface area contributed by atoms with Crippen LogP contribution in [-0.2, 0) is 17.9 Å². The first kappa shape index (κ1) is 10.8. The molecule has 3 rings (SSSR count). The summed E-state index contributed by atoms with van der Waals surface area (Å²) in [7, 11) is 0. The molecule has 0 aromatic heterocycles. The number of aryl methyl sites for hydroxylation is 1. The van der Waals surface area contributed by atoms with Crippen molar-refractivity contribution in [1.82, 2.24) is 4.90 Å². The van der Waals surface area contributed by atoms with Gasteiger partial charge in [-0.15, -0.1) is 0 Å². The highest BCUT2D eigenvalue weighted by molar-refractivity contribution is 5.84. The van der Waals surface area contributed by atoms with Gasteiger partial charge in [-0.3, -0.25) is 4.79 Å². The van der Waals surface area contributed by atoms with Gasteiger partial charge in [-0.25, -0.2) is 0 Å². The highest BCUT2D eigenvalue weighted by Gasteiger charge is 2.51. The van der Waals surface area contributed by atoms with Crippen molar-refractivity contribution in [3.05, 3.63) is 34.9 Å². The third-order valence-corrected chi connectivity index (χ3v) is 3.96. The van der Waals surface area contributed by atoms with E-state index < -0.39 is 0 Å². The number of hydrogen-bond donors (Lipinski definition) is 1. The molecule has 2 fully saturated rings. The van der Waals surface area contributed by atoms with Crippen LogP contribution in [0.4, 0.5) is 0 Å².